The molecular weight excluding hydrogens is 615 g/mol. The molecule has 4 rings (SSSR count). The Morgan fingerprint density at radius 2 is 1.72 bits per heavy atom. The summed E-state index contributed by atoms with van der Waals surface area (Å²) in [5, 5.41) is 2.81. The van der Waals surface area contributed by atoms with Gasteiger partial charge >= 0.3 is 5.97 Å². The third-order valence-corrected chi connectivity index (χ3v) is 7.44. The van der Waals surface area contributed by atoms with Gasteiger partial charge in [0.2, 0.25) is 5.91 Å². The van der Waals surface area contributed by atoms with Crippen molar-refractivity contribution in [3.05, 3.63) is 92.3 Å². The summed E-state index contributed by atoms with van der Waals surface area (Å²) in [6, 6.07) is 16.8. The highest BCUT2D eigenvalue weighted by molar-refractivity contribution is 8.18. The summed E-state index contributed by atoms with van der Waals surface area (Å²) in [7, 11) is 0. The minimum absolute atomic E-state index is 0.0924. The zero-order valence-electron chi connectivity index (χ0n) is 23.4. The number of nitrogens with zero attached hydrogens (tertiary/aromatic N) is 1. The minimum atomic E-state index is -0.625. The zero-order chi connectivity index (χ0) is 30.9. The Balaban J connectivity index is 1.42. The normalized spacial score (nSPS) is 13.8. The lowest BCUT2D eigenvalue weighted by Gasteiger charge is -2.14. The monoisotopic (exact) mass is 642 g/mol. The first-order valence-electron chi connectivity index (χ1n) is 13.3. The van der Waals surface area contributed by atoms with Gasteiger partial charge in [0.05, 0.1) is 28.7 Å². The first kappa shape index (κ1) is 31.9. The lowest BCUT2D eigenvalue weighted by molar-refractivity contribution is -0.127. The lowest BCUT2D eigenvalue weighted by atomic mass is 10.1. The molecule has 0 atom stereocenters. The fourth-order valence-corrected chi connectivity index (χ4v) is 5.07. The van der Waals surface area contributed by atoms with Crippen molar-refractivity contribution in [3.63, 3.8) is 0 Å². The van der Waals surface area contributed by atoms with Gasteiger partial charge in [-0.2, -0.15) is 0 Å². The van der Waals surface area contributed by atoms with Gasteiger partial charge in [0.25, 0.3) is 11.1 Å². The maximum atomic E-state index is 13.0. The number of carbonyl (C=O) groups is 4. The first-order chi connectivity index (χ1) is 20.7. The molecule has 1 fully saturated rings. The van der Waals surface area contributed by atoms with E-state index >= 15 is 0 Å². The van der Waals surface area contributed by atoms with Crippen molar-refractivity contribution in [2.24, 2.45) is 0 Å². The van der Waals surface area contributed by atoms with Gasteiger partial charge in [-0.15, -0.1) is 0 Å². The van der Waals surface area contributed by atoms with Gasteiger partial charge < -0.3 is 19.5 Å². The maximum Gasteiger partial charge on any atom is 0.339 e. The van der Waals surface area contributed by atoms with Crippen LogP contribution in [0.1, 0.15) is 41.8 Å². The molecular formula is C31H28Cl2N2O7S. The number of ether oxygens (including phenoxy) is 3. The van der Waals surface area contributed by atoms with Gasteiger partial charge in [0, 0.05) is 10.7 Å². The molecule has 43 heavy (non-hydrogen) atoms. The van der Waals surface area contributed by atoms with Gasteiger partial charge in [-0.05, 0) is 84.8 Å². The number of hydrogen-bond donors (Lipinski definition) is 1. The standard InChI is InChI=1S/C31H28Cl2N2O7S/c1-3-13-41-30(38)23-16-22(10-11-24(23)33)34-28(36)17-35-29(37)27(43-31(35)39)15-20-7-12-25(26(14-20)40-4-2)42-18-19-5-8-21(32)9-6-19/h5-12,14-16H,3-4,13,17-18H2,1-2H3,(H,34,36)/b27-15+. The average Bonchev–Trinajstić information content (AvgIpc) is 3.24. The zero-order valence-corrected chi connectivity index (χ0v) is 25.7. The molecule has 0 aliphatic carbocycles. The van der Waals surface area contributed by atoms with E-state index in [9.17, 15) is 19.2 Å². The third-order valence-electron chi connectivity index (χ3n) is 5.96. The number of hydrogen-bond acceptors (Lipinski definition) is 8. The van der Waals surface area contributed by atoms with Crippen LogP contribution in [0.4, 0.5) is 10.5 Å². The Morgan fingerprint density at radius 1 is 0.953 bits per heavy atom. The highest BCUT2D eigenvalue weighted by Gasteiger charge is 2.36. The topological polar surface area (TPSA) is 111 Å². The summed E-state index contributed by atoms with van der Waals surface area (Å²) in [5.74, 6) is -0.856. The van der Waals surface area contributed by atoms with Crippen molar-refractivity contribution in [2.45, 2.75) is 26.9 Å². The molecule has 1 aliphatic rings. The summed E-state index contributed by atoms with van der Waals surface area (Å²) in [4.78, 5) is 51.7. The smallest absolute Gasteiger partial charge is 0.339 e. The lowest BCUT2D eigenvalue weighted by Crippen LogP contribution is -2.36. The van der Waals surface area contributed by atoms with E-state index in [1.165, 1.54) is 18.2 Å². The second kappa shape index (κ2) is 15.0. The summed E-state index contributed by atoms with van der Waals surface area (Å²) in [6.07, 6.45) is 2.20. The van der Waals surface area contributed by atoms with E-state index in [1.54, 1.807) is 36.4 Å². The van der Waals surface area contributed by atoms with E-state index in [0.29, 0.717) is 41.7 Å². The number of esters is 1. The average molecular weight is 644 g/mol. The number of benzene rings is 3. The predicted molar refractivity (Wildman–Crippen MR) is 167 cm³/mol. The highest BCUT2D eigenvalue weighted by atomic mass is 35.5. The Kier molecular flexibility index (Phi) is 11.1. The van der Waals surface area contributed by atoms with Crippen LogP contribution in [0.2, 0.25) is 10.0 Å². The molecule has 0 unspecified atom stereocenters. The summed E-state index contributed by atoms with van der Waals surface area (Å²) in [5.41, 5.74) is 1.90. The fourth-order valence-electron chi connectivity index (χ4n) is 3.91. The molecule has 3 aromatic carbocycles. The number of imide groups is 1. The van der Waals surface area contributed by atoms with Crippen molar-refractivity contribution in [3.8, 4) is 11.5 Å². The maximum absolute atomic E-state index is 13.0. The van der Waals surface area contributed by atoms with E-state index in [-0.39, 0.29) is 27.8 Å². The van der Waals surface area contributed by atoms with E-state index in [4.69, 9.17) is 37.4 Å². The Labute approximate surface area is 263 Å². The van der Waals surface area contributed by atoms with Gasteiger partial charge in [0.15, 0.2) is 11.5 Å². The number of thioether (sulfide) groups is 1. The molecule has 1 aliphatic heterocycles. The van der Waals surface area contributed by atoms with Crippen molar-refractivity contribution in [2.75, 3.05) is 25.1 Å². The van der Waals surface area contributed by atoms with Gasteiger partial charge in [0.1, 0.15) is 13.2 Å². The van der Waals surface area contributed by atoms with Crippen LogP contribution in [0.3, 0.4) is 0 Å². The first-order valence-corrected chi connectivity index (χ1v) is 14.9. The Bertz CT molecular complexity index is 1560. The van der Waals surface area contributed by atoms with E-state index in [2.05, 4.69) is 5.32 Å². The van der Waals surface area contributed by atoms with Gasteiger partial charge in [-0.25, -0.2) is 4.79 Å². The highest BCUT2D eigenvalue weighted by Crippen LogP contribution is 2.35. The molecule has 3 amide bonds. The molecule has 1 heterocycles. The van der Waals surface area contributed by atoms with Crippen molar-refractivity contribution < 1.29 is 33.4 Å². The number of amides is 3. The van der Waals surface area contributed by atoms with Crippen molar-refractivity contribution in [1.82, 2.24) is 4.90 Å². The number of halogens is 2. The third kappa shape index (κ3) is 8.53. The van der Waals surface area contributed by atoms with Gasteiger partial charge in [-0.1, -0.05) is 48.3 Å². The largest absolute Gasteiger partial charge is 0.490 e. The minimum Gasteiger partial charge on any atom is -0.490 e. The molecule has 0 saturated carbocycles. The SMILES string of the molecule is CCCOC(=O)c1cc(NC(=O)CN2C(=O)S/C(=C/c3ccc(OCc4ccc(Cl)cc4)c(OCC)c3)C2=O)ccc1Cl. The quantitative estimate of drug-likeness (QED) is 0.163. The van der Waals surface area contributed by atoms with Crippen molar-refractivity contribution in [1.29, 1.82) is 0 Å². The molecule has 9 nitrogen and oxygen atoms in total. The van der Waals surface area contributed by atoms with E-state index < -0.39 is 29.6 Å². The van der Waals surface area contributed by atoms with Crippen LogP contribution in [0.25, 0.3) is 6.08 Å². The molecule has 224 valence electrons. The summed E-state index contributed by atoms with van der Waals surface area (Å²) >= 11 is 12.8. The molecule has 0 bridgehead atoms. The number of carbonyl (C=O) groups excluding carboxylic acids is 4. The molecule has 3 aromatic rings. The number of rotatable bonds is 12. The molecule has 1 saturated heterocycles. The van der Waals surface area contributed by atoms with E-state index in [0.717, 1.165) is 22.2 Å². The molecule has 1 N–H and O–H groups in total. The molecule has 0 aromatic heterocycles. The Hall–Kier alpha value is -3.99. The summed E-state index contributed by atoms with van der Waals surface area (Å²) in [6.45, 7) is 4.11. The van der Waals surface area contributed by atoms with Crippen LogP contribution in [0, 0.1) is 0 Å². The second-order valence-corrected chi connectivity index (χ2v) is 11.0. The van der Waals surface area contributed by atoms with Crippen LogP contribution in [0.15, 0.2) is 65.6 Å². The molecule has 12 heteroatoms. The summed E-state index contributed by atoms with van der Waals surface area (Å²) < 4.78 is 16.8. The second-order valence-electron chi connectivity index (χ2n) is 9.20. The number of nitrogens with one attached hydrogen (secondary N) is 1. The Morgan fingerprint density at radius 3 is 2.44 bits per heavy atom. The predicted octanol–water partition coefficient (Wildman–Crippen LogP) is 7.21. The molecule has 0 spiro atoms. The van der Waals surface area contributed by atoms with E-state index in [1.807, 2.05) is 26.0 Å². The molecule has 0 radical (unpaired) electrons. The van der Waals surface area contributed by atoms with Crippen LogP contribution in [-0.4, -0.2) is 47.7 Å². The fraction of sp³-hybridized carbons (Fsp3) is 0.226. The van der Waals surface area contributed by atoms with Crippen LogP contribution in [-0.2, 0) is 20.9 Å². The van der Waals surface area contributed by atoms with Crippen LogP contribution < -0.4 is 14.8 Å². The van der Waals surface area contributed by atoms with Crippen LogP contribution in [0.5, 0.6) is 11.5 Å². The van der Waals surface area contributed by atoms with Crippen LogP contribution >= 0.6 is 35.0 Å². The van der Waals surface area contributed by atoms with Gasteiger partial charge in [-0.3, -0.25) is 19.3 Å². The number of anilines is 1. The van der Waals surface area contributed by atoms with Crippen molar-refractivity contribution >= 4 is 69.8 Å².